The lowest BCUT2D eigenvalue weighted by Crippen LogP contribution is -2.57. The summed E-state index contributed by atoms with van der Waals surface area (Å²) < 4.78 is 28.0. The minimum Gasteiger partial charge on any atom is -0.385 e. The summed E-state index contributed by atoms with van der Waals surface area (Å²) in [5.74, 6) is -5.38. The molecule has 0 aliphatic heterocycles. The third-order valence-electron chi connectivity index (χ3n) is 3.17. The fourth-order valence-electron chi connectivity index (χ4n) is 1.86. The summed E-state index contributed by atoms with van der Waals surface area (Å²) in [5.41, 5.74) is 6.38. The second kappa shape index (κ2) is 7.30. The zero-order valence-corrected chi connectivity index (χ0v) is 14.1. The second-order valence-corrected chi connectivity index (χ2v) is 12.1. The number of nitrogens with two attached hydrogens (primary N) is 1. The quantitative estimate of drug-likeness (QED) is 0.664. The zero-order chi connectivity index (χ0) is 17.0. The van der Waals surface area contributed by atoms with Crippen molar-refractivity contribution < 1.29 is 18.7 Å². The predicted molar refractivity (Wildman–Crippen MR) is 85.4 cm³/mol. The highest BCUT2D eigenvalue weighted by atomic mass is 28.3. The fourth-order valence-corrected chi connectivity index (χ4v) is 2.56. The molecule has 0 saturated carbocycles. The molecule has 1 amide bonds. The van der Waals surface area contributed by atoms with Gasteiger partial charge in [-0.15, -0.1) is 0 Å². The molecule has 22 heavy (non-hydrogen) atoms. The van der Waals surface area contributed by atoms with Crippen molar-refractivity contribution >= 4 is 14.0 Å². The van der Waals surface area contributed by atoms with Gasteiger partial charge in [-0.3, -0.25) is 4.79 Å². The molecule has 1 aromatic rings. The van der Waals surface area contributed by atoms with Crippen molar-refractivity contribution in [1.29, 1.82) is 0 Å². The summed E-state index contributed by atoms with van der Waals surface area (Å²) in [4.78, 5) is 11.7. The van der Waals surface area contributed by atoms with Crippen molar-refractivity contribution in [3.8, 4) is 0 Å². The third kappa shape index (κ3) is 5.47. The van der Waals surface area contributed by atoms with Crippen LogP contribution in [0.2, 0.25) is 19.6 Å². The number of aliphatic hydroxyl groups is 1. The monoisotopic (exact) mass is 330 g/mol. The third-order valence-corrected chi connectivity index (χ3v) is 4.41. The molecule has 0 aromatic heterocycles. The summed E-state index contributed by atoms with van der Waals surface area (Å²) in [7, 11) is -1.70. The zero-order valence-electron chi connectivity index (χ0n) is 13.1. The van der Waals surface area contributed by atoms with Gasteiger partial charge < -0.3 is 16.2 Å². The van der Waals surface area contributed by atoms with Crippen LogP contribution in [0.1, 0.15) is 5.56 Å². The molecule has 2 atom stereocenters. The van der Waals surface area contributed by atoms with Gasteiger partial charge in [0.15, 0.2) is 0 Å². The minimum absolute atomic E-state index is 0.0684. The van der Waals surface area contributed by atoms with E-state index in [1.807, 2.05) is 19.6 Å². The molecule has 0 heterocycles. The number of halogens is 2. The number of rotatable bonds is 7. The topological polar surface area (TPSA) is 75.3 Å². The Morgan fingerprint density at radius 2 is 1.86 bits per heavy atom. The highest BCUT2D eigenvalue weighted by Crippen LogP contribution is 2.22. The summed E-state index contributed by atoms with van der Waals surface area (Å²) in [6.45, 7) is 5.84. The Hall–Kier alpha value is -1.31. The van der Waals surface area contributed by atoms with Crippen LogP contribution in [-0.4, -0.2) is 43.3 Å². The molecule has 0 spiro atoms. The molecule has 7 heteroatoms. The van der Waals surface area contributed by atoms with Gasteiger partial charge in [-0.2, -0.15) is 8.78 Å². The largest absolute Gasteiger partial charge is 0.385 e. The Bertz CT molecular complexity index is 492. The van der Waals surface area contributed by atoms with Gasteiger partial charge in [0.05, 0.1) is 8.07 Å². The molecule has 0 radical (unpaired) electrons. The number of carbonyl (C=O) groups excluding carboxylic acids is 1. The van der Waals surface area contributed by atoms with Crippen LogP contribution < -0.4 is 11.1 Å². The number of nitrogens with one attached hydrogen (secondary N) is 1. The van der Waals surface area contributed by atoms with E-state index < -0.39 is 32.0 Å². The molecule has 0 aliphatic carbocycles. The van der Waals surface area contributed by atoms with E-state index >= 15 is 0 Å². The molecule has 4 N–H and O–H groups in total. The van der Waals surface area contributed by atoms with Crippen molar-refractivity contribution in [3.05, 3.63) is 35.9 Å². The molecule has 0 saturated heterocycles. The van der Waals surface area contributed by atoms with Crippen LogP contribution in [0.4, 0.5) is 8.78 Å². The maximum Gasteiger partial charge on any atom is 0.351 e. The average Bonchev–Trinajstić information content (AvgIpc) is 2.44. The highest BCUT2D eigenvalue weighted by Gasteiger charge is 2.49. The van der Waals surface area contributed by atoms with Crippen LogP contribution in [0.5, 0.6) is 0 Å². The molecule has 4 nitrogen and oxygen atoms in total. The molecule has 0 aliphatic rings. The van der Waals surface area contributed by atoms with Gasteiger partial charge in [0.25, 0.3) is 5.91 Å². The summed E-state index contributed by atoms with van der Waals surface area (Å²) >= 11 is 0. The first-order chi connectivity index (χ1) is 10.0. The Kier molecular flexibility index (Phi) is 6.22. The number of hydrogen-bond acceptors (Lipinski definition) is 3. The van der Waals surface area contributed by atoms with Crippen LogP contribution in [0, 0.1) is 0 Å². The Morgan fingerprint density at radius 1 is 1.32 bits per heavy atom. The van der Waals surface area contributed by atoms with E-state index in [-0.39, 0.29) is 12.6 Å². The second-order valence-electron chi connectivity index (χ2n) is 6.66. The van der Waals surface area contributed by atoms with Gasteiger partial charge in [-0.05, 0) is 12.0 Å². The van der Waals surface area contributed by atoms with Crippen LogP contribution in [-0.2, 0) is 11.2 Å². The van der Waals surface area contributed by atoms with Gasteiger partial charge in [0, 0.05) is 12.2 Å². The van der Waals surface area contributed by atoms with Crippen molar-refractivity contribution in [2.75, 3.05) is 6.17 Å². The van der Waals surface area contributed by atoms with E-state index in [0.29, 0.717) is 0 Å². The number of amides is 1. The van der Waals surface area contributed by atoms with Crippen LogP contribution in [0.15, 0.2) is 30.3 Å². The first-order valence-electron chi connectivity index (χ1n) is 7.18. The fraction of sp³-hybridized carbons (Fsp3) is 0.533. The maximum atomic E-state index is 14.0. The van der Waals surface area contributed by atoms with E-state index in [2.05, 4.69) is 5.32 Å². The van der Waals surface area contributed by atoms with Crippen molar-refractivity contribution in [2.24, 2.45) is 5.73 Å². The van der Waals surface area contributed by atoms with Gasteiger partial charge in [-0.1, -0.05) is 50.0 Å². The lowest BCUT2D eigenvalue weighted by atomic mass is 9.97. The summed E-state index contributed by atoms with van der Waals surface area (Å²) in [5, 5.41) is 12.0. The molecule has 0 fully saturated rings. The number of hydrogen-bond donors (Lipinski definition) is 3. The van der Waals surface area contributed by atoms with Crippen molar-refractivity contribution in [2.45, 2.75) is 44.1 Å². The van der Waals surface area contributed by atoms with E-state index in [1.54, 1.807) is 30.3 Å². The van der Waals surface area contributed by atoms with Gasteiger partial charge in [0.2, 0.25) is 0 Å². The molecule has 1 rings (SSSR count). The number of alkyl halides is 2. The highest BCUT2D eigenvalue weighted by molar-refractivity contribution is 6.76. The SMILES string of the molecule is C[Si](C)(C)CNC(=O)C(F)(F)C(O)C(N)Cc1ccccc1. The van der Waals surface area contributed by atoms with Gasteiger partial charge in [-0.25, -0.2) is 0 Å². The van der Waals surface area contributed by atoms with E-state index in [1.165, 1.54) is 0 Å². The number of benzene rings is 1. The maximum absolute atomic E-state index is 14.0. The molecular formula is C15H24F2N2O2Si. The van der Waals surface area contributed by atoms with Crippen LogP contribution in [0.3, 0.4) is 0 Å². The molecule has 0 bridgehead atoms. The van der Waals surface area contributed by atoms with E-state index in [4.69, 9.17) is 5.73 Å². The summed E-state index contributed by atoms with van der Waals surface area (Å²) in [6.07, 6.45) is -1.93. The molecular weight excluding hydrogens is 306 g/mol. The molecule has 124 valence electrons. The first kappa shape index (κ1) is 18.7. The lowest BCUT2D eigenvalue weighted by molar-refractivity contribution is -0.165. The minimum atomic E-state index is -3.91. The normalized spacial score (nSPS) is 15.2. The van der Waals surface area contributed by atoms with Crippen LogP contribution in [0.25, 0.3) is 0 Å². The smallest absolute Gasteiger partial charge is 0.351 e. The summed E-state index contributed by atoms with van der Waals surface area (Å²) in [6, 6.07) is 7.55. The standard InChI is InChI=1S/C15H24F2N2O2Si/c1-22(2,3)10-19-14(21)15(16,17)13(20)12(18)9-11-7-5-4-6-8-11/h4-8,12-13,20H,9-10,18H2,1-3H3,(H,19,21). The number of aliphatic hydroxyl groups excluding tert-OH is 1. The first-order valence-corrected chi connectivity index (χ1v) is 10.9. The Balaban J connectivity index is 2.68. The lowest BCUT2D eigenvalue weighted by Gasteiger charge is -2.27. The van der Waals surface area contributed by atoms with Gasteiger partial charge in [0.1, 0.15) is 6.10 Å². The molecule has 1 aromatic carbocycles. The predicted octanol–water partition coefficient (Wildman–Crippen LogP) is 1.55. The number of carbonyl (C=O) groups is 1. The average molecular weight is 330 g/mol. The Labute approximate surface area is 130 Å². The molecule has 2 unspecified atom stereocenters. The van der Waals surface area contributed by atoms with E-state index in [9.17, 15) is 18.7 Å². The van der Waals surface area contributed by atoms with Crippen LogP contribution >= 0.6 is 0 Å². The van der Waals surface area contributed by atoms with Crippen molar-refractivity contribution in [3.63, 3.8) is 0 Å². The Morgan fingerprint density at radius 3 is 2.36 bits per heavy atom. The van der Waals surface area contributed by atoms with Crippen molar-refractivity contribution in [1.82, 2.24) is 5.32 Å². The van der Waals surface area contributed by atoms with Gasteiger partial charge >= 0.3 is 5.92 Å². The van der Waals surface area contributed by atoms with E-state index in [0.717, 1.165) is 5.56 Å².